The molecule has 12 heavy (non-hydrogen) atoms. The highest BCUT2D eigenvalue weighted by Crippen LogP contribution is 2.15. The number of fused-ring (bicyclic) bond motifs is 1. The summed E-state index contributed by atoms with van der Waals surface area (Å²) in [6.45, 7) is 0. The second-order valence-electron chi connectivity index (χ2n) is 2.11. The van der Waals surface area contributed by atoms with Gasteiger partial charge in [0.2, 0.25) is 0 Å². The van der Waals surface area contributed by atoms with E-state index in [1.807, 2.05) is 0 Å². The van der Waals surface area contributed by atoms with Gasteiger partial charge in [-0.05, 0) is 12.1 Å². The second-order valence-corrected chi connectivity index (χ2v) is 2.47. The largest absolute Gasteiger partial charge is 0.384 e. The number of aromatic nitrogens is 2. The van der Waals surface area contributed by atoms with Crippen molar-refractivity contribution < 1.29 is 5.48 Å². The average Bonchev–Trinajstić information content (AvgIpc) is 2.22. The fourth-order valence-corrected chi connectivity index (χ4v) is 0.924. The Bertz CT molecular complexity index is 602. The standard InChI is InChI=1S/C8H6ClN3/c9-7-3-6-5(4-11-7)1-2-8(10)12-6/h1-4H,(H2,10,12)/i1D,2D,3D,4D. The summed E-state index contributed by atoms with van der Waals surface area (Å²) >= 11 is 5.63. The first-order valence-electron chi connectivity index (χ1n) is 5.12. The summed E-state index contributed by atoms with van der Waals surface area (Å²) < 4.78 is 30.3. The van der Waals surface area contributed by atoms with E-state index in [1.54, 1.807) is 0 Å². The van der Waals surface area contributed by atoms with Crippen molar-refractivity contribution in [1.82, 2.24) is 9.97 Å². The number of anilines is 1. The predicted molar refractivity (Wildman–Crippen MR) is 49.0 cm³/mol. The Morgan fingerprint density at radius 2 is 2.33 bits per heavy atom. The molecule has 2 rings (SSSR count). The molecule has 0 atom stereocenters. The number of rotatable bonds is 0. The SMILES string of the molecule is [2H]c1c(N)nc2c([2H])c(Cl)nc([2H])c2c1[2H]. The molecule has 2 heterocycles. The second kappa shape index (κ2) is 2.60. The highest BCUT2D eigenvalue weighted by Gasteiger charge is 1.96. The van der Waals surface area contributed by atoms with Crippen LogP contribution in [0.2, 0.25) is 5.15 Å². The fourth-order valence-electron chi connectivity index (χ4n) is 0.792. The van der Waals surface area contributed by atoms with Crippen LogP contribution < -0.4 is 5.73 Å². The molecular weight excluding hydrogens is 174 g/mol. The molecule has 0 aromatic carbocycles. The van der Waals surface area contributed by atoms with E-state index in [0.29, 0.717) is 0 Å². The molecule has 3 nitrogen and oxygen atoms in total. The molecule has 0 bridgehead atoms. The smallest absolute Gasteiger partial charge is 0.131 e. The molecular formula is C8H6ClN3. The van der Waals surface area contributed by atoms with E-state index in [9.17, 15) is 0 Å². The third-order valence-corrected chi connectivity index (χ3v) is 1.45. The zero-order valence-corrected chi connectivity index (χ0v) is 6.61. The number of nitrogen functional groups attached to an aromatic ring is 1. The zero-order valence-electron chi connectivity index (χ0n) is 9.85. The van der Waals surface area contributed by atoms with E-state index in [1.165, 1.54) is 0 Å². The Balaban J connectivity index is 3.07. The van der Waals surface area contributed by atoms with Gasteiger partial charge in [0, 0.05) is 17.6 Å². The van der Waals surface area contributed by atoms with Crippen LogP contribution in [0.25, 0.3) is 10.9 Å². The van der Waals surface area contributed by atoms with Crippen molar-refractivity contribution in [3.05, 3.63) is 29.5 Å². The third-order valence-electron chi connectivity index (χ3n) is 1.27. The lowest BCUT2D eigenvalue weighted by molar-refractivity contribution is 1.33. The minimum Gasteiger partial charge on any atom is -0.384 e. The van der Waals surface area contributed by atoms with Crippen molar-refractivity contribution in [2.24, 2.45) is 0 Å². The average molecular weight is 184 g/mol. The molecule has 0 amide bonds. The Hall–Kier alpha value is -1.35. The molecule has 0 fully saturated rings. The highest BCUT2D eigenvalue weighted by molar-refractivity contribution is 6.29. The molecule has 0 radical (unpaired) electrons. The molecule has 2 N–H and O–H groups in total. The van der Waals surface area contributed by atoms with Gasteiger partial charge in [-0.2, -0.15) is 0 Å². The van der Waals surface area contributed by atoms with Gasteiger partial charge < -0.3 is 5.73 Å². The normalized spacial score (nSPS) is 15.1. The van der Waals surface area contributed by atoms with Crippen LogP contribution >= 0.6 is 11.6 Å². The van der Waals surface area contributed by atoms with Crippen molar-refractivity contribution in [2.75, 3.05) is 5.73 Å². The summed E-state index contributed by atoms with van der Waals surface area (Å²) in [7, 11) is 0. The molecule has 2 aromatic rings. The number of halogens is 1. The maximum Gasteiger partial charge on any atom is 0.131 e. The molecule has 0 spiro atoms. The zero-order chi connectivity index (χ0) is 12.0. The van der Waals surface area contributed by atoms with E-state index in [2.05, 4.69) is 9.97 Å². The van der Waals surface area contributed by atoms with Crippen LogP contribution in [-0.2, 0) is 0 Å². The minimum atomic E-state index is -0.276. The van der Waals surface area contributed by atoms with Gasteiger partial charge in [-0.3, -0.25) is 0 Å². The summed E-state index contributed by atoms with van der Waals surface area (Å²) in [6.07, 6.45) is -0.276. The van der Waals surface area contributed by atoms with Gasteiger partial charge in [-0.25, -0.2) is 9.97 Å². The first kappa shape index (κ1) is 4.05. The van der Waals surface area contributed by atoms with Crippen molar-refractivity contribution in [3.63, 3.8) is 0 Å². The summed E-state index contributed by atoms with van der Waals surface area (Å²) in [5, 5.41) is -0.143. The first-order chi connectivity index (χ1) is 7.43. The molecule has 0 aliphatic carbocycles. The molecule has 0 saturated carbocycles. The molecule has 4 heteroatoms. The molecule has 0 aliphatic heterocycles. The lowest BCUT2D eigenvalue weighted by Gasteiger charge is -1.97. The number of hydrogen-bond acceptors (Lipinski definition) is 3. The van der Waals surface area contributed by atoms with E-state index in [0.717, 1.165) is 0 Å². The van der Waals surface area contributed by atoms with E-state index in [4.69, 9.17) is 22.8 Å². The summed E-state index contributed by atoms with van der Waals surface area (Å²) in [5.74, 6) is -0.160. The lowest BCUT2D eigenvalue weighted by atomic mass is 10.3. The summed E-state index contributed by atoms with van der Waals surface area (Å²) in [6, 6.07) is -0.720. The summed E-state index contributed by atoms with van der Waals surface area (Å²) in [4.78, 5) is 7.39. The monoisotopic (exact) mass is 183 g/mol. The Labute approximate surface area is 79.8 Å². The van der Waals surface area contributed by atoms with Crippen molar-refractivity contribution in [2.45, 2.75) is 0 Å². The third kappa shape index (κ3) is 1.19. The lowest BCUT2D eigenvalue weighted by Crippen LogP contribution is -1.89. The summed E-state index contributed by atoms with van der Waals surface area (Å²) in [5.41, 5.74) is 5.46. The van der Waals surface area contributed by atoms with Crippen LogP contribution in [0.5, 0.6) is 0 Å². The fraction of sp³-hybridized carbons (Fsp3) is 0. The van der Waals surface area contributed by atoms with Gasteiger partial charge in [0.05, 0.1) is 11.0 Å². The van der Waals surface area contributed by atoms with Crippen molar-refractivity contribution in [1.29, 1.82) is 0 Å². The Kier molecular flexibility index (Phi) is 0.879. The van der Waals surface area contributed by atoms with Crippen molar-refractivity contribution >= 4 is 28.3 Å². The maximum atomic E-state index is 7.64. The van der Waals surface area contributed by atoms with Crippen LogP contribution in [0, 0.1) is 0 Å². The minimum absolute atomic E-state index is 0.0219. The van der Waals surface area contributed by atoms with E-state index in [-0.39, 0.29) is 46.2 Å². The number of hydrogen-bond donors (Lipinski definition) is 1. The van der Waals surface area contributed by atoms with Crippen LogP contribution in [0.15, 0.2) is 24.3 Å². The van der Waals surface area contributed by atoms with Gasteiger partial charge in [-0.15, -0.1) is 0 Å². The maximum absolute atomic E-state index is 7.64. The molecule has 0 saturated heterocycles. The molecule has 0 unspecified atom stereocenters. The van der Waals surface area contributed by atoms with E-state index < -0.39 is 0 Å². The van der Waals surface area contributed by atoms with Gasteiger partial charge >= 0.3 is 0 Å². The predicted octanol–water partition coefficient (Wildman–Crippen LogP) is 1.87. The Morgan fingerprint density at radius 1 is 1.50 bits per heavy atom. The number of pyridine rings is 2. The van der Waals surface area contributed by atoms with Gasteiger partial charge in [0.1, 0.15) is 11.0 Å². The molecule has 2 aromatic heterocycles. The number of nitrogens with zero attached hydrogens (tertiary/aromatic N) is 2. The topological polar surface area (TPSA) is 51.8 Å². The molecule has 60 valence electrons. The number of nitrogens with two attached hydrogens (primary N) is 1. The van der Waals surface area contributed by atoms with Gasteiger partial charge in [0.15, 0.2) is 0 Å². The molecule has 0 aliphatic rings. The Morgan fingerprint density at radius 3 is 3.17 bits per heavy atom. The van der Waals surface area contributed by atoms with Crippen LogP contribution in [0.4, 0.5) is 5.82 Å². The van der Waals surface area contributed by atoms with Gasteiger partial charge in [0.25, 0.3) is 0 Å². The quantitative estimate of drug-likeness (QED) is 0.635. The van der Waals surface area contributed by atoms with Crippen LogP contribution in [0.3, 0.4) is 0 Å². The van der Waals surface area contributed by atoms with Crippen LogP contribution in [-0.4, -0.2) is 9.97 Å². The van der Waals surface area contributed by atoms with Crippen molar-refractivity contribution in [3.8, 4) is 0 Å². The van der Waals surface area contributed by atoms with Crippen LogP contribution in [0.1, 0.15) is 5.48 Å². The van der Waals surface area contributed by atoms with E-state index >= 15 is 0 Å². The first-order valence-corrected chi connectivity index (χ1v) is 3.50. The van der Waals surface area contributed by atoms with Gasteiger partial charge in [-0.1, -0.05) is 11.6 Å². The highest BCUT2D eigenvalue weighted by atomic mass is 35.5.